The van der Waals surface area contributed by atoms with Crippen molar-refractivity contribution in [1.29, 1.82) is 0 Å². The van der Waals surface area contributed by atoms with E-state index in [2.05, 4.69) is 26.2 Å². The highest BCUT2D eigenvalue weighted by Gasteiger charge is 2.11. The van der Waals surface area contributed by atoms with Crippen LogP contribution in [-0.4, -0.2) is 28.6 Å². The number of rotatable bonds is 4. The number of nitrogens with zero attached hydrogens (tertiary/aromatic N) is 1. The summed E-state index contributed by atoms with van der Waals surface area (Å²) in [5.41, 5.74) is 4.88. The molecule has 1 amide bonds. The van der Waals surface area contributed by atoms with Crippen molar-refractivity contribution in [3.8, 4) is 0 Å². The number of carbonyl (C=O) groups is 1. The smallest absolute Gasteiger partial charge is 0.248 e. The van der Waals surface area contributed by atoms with Crippen molar-refractivity contribution in [1.82, 2.24) is 4.98 Å². The summed E-state index contributed by atoms with van der Waals surface area (Å²) in [6.45, 7) is 0.00255. The summed E-state index contributed by atoms with van der Waals surface area (Å²) in [4.78, 5) is 14.5. The molecule has 1 aromatic heterocycles. The average Bonchev–Trinajstić information content (AvgIpc) is 2.15. The molecule has 0 aliphatic carbocycles. The lowest BCUT2D eigenvalue weighted by Gasteiger charge is -2.10. The molecular formula is C8H9BrClN3O2. The quantitative estimate of drug-likeness (QED) is 0.765. The molecule has 82 valence electrons. The Kier molecular flexibility index (Phi) is 4.31. The summed E-state index contributed by atoms with van der Waals surface area (Å²) in [7, 11) is 0. The van der Waals surface area contributed by atoms with Gasteiger partial charge >= 0.3 is 0 Å². The first-order valence-corrected chi connectivity index (χ1v) is 5.20. The fourth-order valence-electron chi connectivity index (χ4n) is 0.839. The minimum Gasteiger partial charge on any atom is -0.381 e. The van der Waals surface area contributed by atoms with Gasteiger partial charge in [-0.05, 0) is 22.0 Å². The molecule has 1 heterocycles. The van der Waals surface area contributed by atoms with E-state index in [-0.39, 0.29) is 6.54 Å². The zero-order valence-corrected chi connectivity index (χ0v) is 9.92. The number of hydrogen-bond donors (Lipinski definition) is 3. The van der Waals surface area contributed by atoms with Crippen LogP contribution in [0.25, 0.3) is 0 Å². The van der Waals surface area contributed by atoms with Crippen LogP contribution in [-0.2, 0) is 4.79 Å². The van der Waals surface area contributed by atoms with Crippen molar-refractivity contribution in [2.24, 2.45) is 5.73 Å². The maximum atomic E-state index is 10.5. The van der Waals surface area contributed by atoms with Gasteiger partial charge in [-0.2, -0.15) is 0 Å². The predicted octanol–water partition coefficient (Wildman–Crippen LogP) is 0.756. The van der Waals surface area contributed by atoms with Crippen LogP contribution in [0.15, 0.2) is 16.7 Å². The Labute approximate surface area is 99.8 Å². The molecule has 1 unspecified atom stereocenters. The number of amides is 1. The van der Waals surface area contributed by atoms with E-state index in [1.54, 1.807) is 6.07 Å². The summed E-state index contributed by atoms with van der Waals surface area (Å²) >= 11 is 8.91. The van der Waals surface area contributed by atoms with Crippen LogP contribution in [0.1, 0.15) is 0 Å². The third kappa shape index (κ3) is 3.65. The molecule has 0 fully saturated rings. The molecule has 1 aromatic rings. The molecule has 0 spiro atoms. The van der Waals surface area contributed by atoms with Crippen LogP contribution < -0.4 is 11.1 Å². The van der Waals surface area contributed by atoms with E-state index in [0.717, 1.165) is 0 Å². The highest BCUT2D eigenvalue weighted by Crippen LogP contribution is 2.22. The van der Waals surface area contributed by atoms with Gasteiger partial charge in [0.05, 0.1) is 16.0 Å². The molecule has 1 rings (SSSR count). The van der Waals surface area contributed by atoms with Gasteiger partial charge in [0.1, 0.15) is 11.9 Å². The van der Waals surface area contributed by atoms with E-state index in [9.17, 15) is 4.79 Å². The number of nitrogens with one attached hydrogen (secondary N) is 1. The molecule has 0 aromatic carbocycles. The molecule has 0 saturated carbocycles. The lowest BCUT2D eigenvalue weighted by atomic mass is 10.3. The Hall–Kier alpha value is -0.850. The fourth-order valence-corrected chi connectivity index (χ4v) is 1.62. The fraction of sp³-hybridized carbons (Fsp3) is 0.250. The van der Waals surface area contributed by atoms with E-state index >= 15 is 0 Å². The highest BCUT2D eigenvalue weighted by atomic mass is 79.9. The summed E-state index contributed by atoms with van der Waals surface area (Å²) in [5, 5.41) is 12.4. The van der Waals surface area contributed by atoms with Crippen molar-refractivity contribution < 1.29 is 9.90 Å². The number of aromatic nitrogens is 1. The summed E-state index contributed by atoms with van der Waals surface area (Å²) in [5.74, 6) is -0.299. The van der Waals surface area contributed by atoms with Gasteiger partial charge in [-0.1, -0.05) is 11.6 Å². The molecule has 15 heavy (non-hydrogen) atoms. The molecule has 4 N–H and O–H groups in total. The van der Waals surface area contributed by atoms with Crippen molar-refractivity contribution in [2.75, 3.05) is 11.9 Å². The third-order valence-corrected chi connectivity index (χ3v) is 2.41. The first-order chi connectivity index (χ1) is 7.00. The maximum Gasteiger partial charge on any atom is 0.248 e. The number of primary amides is 1. The normalized spacial score (nSPS) is 12.2. The van der Waals surface area contributed by atoms with Gasteiger partial charge in [0.25, 0.3) is 0 Å². The summed E-state index contributed by atoms with van der Waals surface area (Å²) in [6, 6.07) is 1.65. The van der Waals surface area contributed by atoms with Crippen molar-refractivity contribution >= 4 is 39.3 Å². The number of nitrogens with two attached hydrogens (primary N) is 1. The zero-order chi connectivity index (χ0) is 11.4. The van der Waals surface area contributed by atoms with Crippen LogP contribution >= 0.6 is 27.5 Å². The number of anilines is 1. The van der Waals surface area contributed by atoms with E-state index in [1.165, 1.54) is 6.20 Å². The Balaban J connectivity index is 2.62. The van der Waals surface area contributed by atoms with Crippen LogP contribution in [0.2, 0.25) is 5.02 Å². The Morgan fingerprint density at radius 3 is 3.00 bits per heavy atom. The van der Waals surface area contributed by atoms with E-state index in [4.69, 9.17) is 22.4 Å². The second kappa shape index (κ2) is 5.29. The van der Waals surface area contributed by atoms with E-state index < -0.39 is 12.0 Å². The summed E-state index contributed by atoms with van der Waals surface area (Å²) < 4.78 is 0.645. The summed E-state index contributed by atoms with van der Waals surface area (Å²) in [6.07, 6.45) is 0.208. The van der Waals surface area contributed by atoms with Crippen LogP contribution in [0.5, 0.6) is 0 Å². The molecular weight excluding hydrogens is 285 g/mol. The minimum atomic E-state index is -1.24. The van der Waals surface area contributed by atoms with Gasteiger partial charge < -0.3 is 16.2 Å². The molecule has 0 bridgehead atoms. The zero-order valence-electron chi connectivity index (χ0n) is 7.58. The Morgan fingerprint density at radius 1 is 1.80 bits per heavy atom. The number of hydrogen-bond acceptors (Lipinski definition) is 4. The number of halogens is 2. The van der Waals surface area contributed by atoms with E-state index in [1.807, 2.05) is 0 Å². The predicted molar refractivity (Wildman–Crippen MR) is 60.6 cm³/mol. The van der Waals surface area contributed by atoms with Crippen LogP contribution in [0.3, 0.4) is 0 Å². The largest absolute Gasteiger partial charge is 0.381 e. The molecule has 7 heteroatoms. The maximum absolute atomic E-state index is 10.5. The molecule has 5 nitrogen and oxygen atoms in total. The van der Waals surface area contributed by atoms with Gasteiger partial charge in [-0.3, -0.25) is 4.79 Å². The number of pyridine rings is 1. The van der Waals surface area contributed by atoms with E-state index in [0.29, 0.717) is 15.3 Å². The number of aliphatic hydroxyl groups excluding tert-OH is 1. The van der Waals surface area contributed by atoms with Gasteiger partial charge in [-0.15, -0.1) is 0 Å². The molecule has 1 atom stereocenters. The van der Waals surface area contributed by atoms with Crippen LogP contribution in [0.4, 0.5) is 5.82 Å². The van der Waals surface area contributed by atoms with Crippen molar-refractivity contribution in [2.45, 2.75) is 6.10 Å². The second-order valence-corrected chi connectivity index (χ2v) is 4.07. The standard InChI is InChI=1S/C8H9BrClN3O2/c9-5-1-4(10)2-12-8(5)13-3-6(14)7(11)15/h1-2,6,14H,3H2,(H2,11,15)(H,12,13). The van der Waals surface area contributed by atoms with Gasteiger partial charge in [0, 0.05) is 6.20 Å². The first-order valence-electron chi connectivity index (χ1n) is 4.03. The monoisotopic (exact) mass is 293 g/mol. The Bertz CT molecular complexity index is 375. The average molecular weight is 295 g/mol. The van der Waals surface area contributed by atoms with Gasteiger partial charge in [-0.25, -0.2) is 4.98 Å². The SMILES string of the molecule is NC(=O)C(O)CNc1ncc(Cl)cc1Br. The topological polar surface area (TPSA) is 88.2 Å². The molecule has 0 saturated heterocycles. The lowest BCUT2D eigenvalue weighted by molar-refractivity contribution is -0.125. The molecule has 0 aliphatic rings. The number of carbonyl (C=O) groups excluding carboxylic acids is 1. The molecule has 0 radical (unpaired) electrons. The van der Waals surface area contributed by atoms with Gasteiger partial charge in [0.2, 0.25) is 5.91 Å². The highest BCUT2D eigenvalue weighted by molar-refractivity contribution is 9.10. The second-order valence-electron chi connectivity index (χ2n) is 2.78. The minimum absolute atomic E-state index is 0.00255. The number of aliphatic hydroxyl groups is 1. The lowest BCUT2D eigenvalue weighted by Crippen LogP contribution is -2.34. The Morgan fingerprint density at radius 2 is 2.47 bits per heavy atom. The van der Waals surface area contributed by atoms with Crippen molar-refractivity contribution in [3.05, 3.63) is 21.8 Å². The molecule has 0 aliphatic heterocycles. The van der Waals surface area contributed by atoms with Gasteiger partial charge in [0.15, 0.2) is 0 Å². The van der Waals surface area contributed by atoms with Crippen LogP contribution in [0, 0.1) is 0 Å². The van der Waals surface area contributed by atoms with Crippen molar-refractivity contribution in [3.63, 3.8) is 0 Å². The first kappa shape index (κ1) is 12.2. The third-order valence-electron chi connectivity index (χ3n) is 1.60.